The normalized spacial score (nSPS) is 10.9. The van der Waals surface area contributed by atoms with Crippen molar-refractivity contribution in [1.82, 2.24) is 15.3 Å². The third kappa shape index (κ3) is 4.11. The van der Waals surface area contributed by atoms with Gasteiger partial charge in [-0.1, -0.05) is 29.8 Å². The van der Waals surface area contributed by atoms with Crippen LogP contribution in [0.25, 0.3) is 11.0 Å². The summed E-state index contributed by atoms with van der Waals surface area (Å²) in [6, 6.07) is 13.5. The Morgan fingerprint density at radius 1 is 1.22 bits per heavy atom. The predicted molar refractivity (Wildman–Crippen MR) is 92.7 cm³/mol. The number of carbonyl (C=O) groups excluding carboxylic acids is 1. The smallest absolute Gasteiger partial charge is 0.224 e. The predicted octanol–water partition coefficient (Wildman–Crippen LogP) is 3.43. The molecule has 3 rings (SSSR count). The highest BCUT2D eigenvalue weighted by Crippen LogP contribution is 2.14. The topological polar surface area (TPSA) is 57.8 Å². The van der Waals surface area contributed by atoms with Crippen LogP contribution in [0.3, 0.4) is 0 Å². The molecule has 0 aliphatic rings. The van der Waals surface area contributed by atoms with Crippen LogP contribution in [0.5, 0.6) is 0 Å². The number of fused-ring (bicyclic) bond motifs is 1. The summed E-state index contributed by atoms with van der Waals surface area (Å²) in [4.78, 5) is 19.6. The number of nitrogens with zero attached hydrogens (tertiary/aromatic N) is 1. The average Bonchev–Trinajstić information content (AvgIpc) is 2.86. The molecule has 23 heavy (non-hydrogen) atoms. The first-order valence-electron chi connectivity index (χ1n) is 7.56. The van der Waals surface area contributed by atoms with E-state index in [1.54, 1.807) is 6.07 Å². The second-order valence-corrected chi connectivity index (χ2v) is 6.02. The van der Waals surface area contributed by atoms with Gasteiger partial charge in [0.1, 0.15) is 5.82 Å². The molecular formula is C18H18ClN3O. The number of halogens is 1. The summed E-state index contributed by atoms with van der Waals surface area (Å²) in [6.07, 6.45) is 1.13. The van der Waals surface area contributed by atoms with E-state index in [0.29, 0.717) is 18.0 Å². The number of imidazole rings is 1. The standard InChI is InChI=1S/C18H18ClN3O/c1-12-21-16-6-5-13(10-17(16)22-12)7-8-20-18(23)11-14-3-2-4-15(19)9-14/h2-6,9-10H,7-8,11H2,1H3,(H,20,23)(H,21,22). The van der Waals surface area contributed by atoms with E-state index in [1.165, 1.54) is 5.56 Å². The van der Waals surface area contributed by atoms with Crippen LogP contribution in [0.15, 0.2) is 42.5 Å². The first kappa shape index (κ1) is 15.6. The molecular weight excluding hydrogens is 310 g/mol. The highest BCUT2D eigenvalue weighted by atomic mass is 35.5. The number of H-pyrrole nitrogens is 1. The van der Waals surface area contributed by atoms with Crippen LogP contribution >= 0.6 is 11.6 Å². The number of benzene rings is 2. The lowest BCUT2D eigenvalue weighted by molar-refractivity contribution is -0.120. The molecule has 0 aliphatic heterocycles. The third-order valence-corrected chi connectivity index (χ3v) is 3.89. The van der Waals surface area contributed by atoms with E-state index in [0.717, 1.165) is 28.8 Å². The van der Waals surface area contributed by atoms with Gasteiger partial charge in [0.15, 0.2) is 0 Å². The van der Waals surface area contributed by atoms with E-state index < -0.39 is 0 Å². The Hall–Kier alpha value is -2.33. The average molecular weight is 328 g/mol. The van der Waals surface area contributed by atoms with Crippen molar-refractivity contribution in [2.24, 2.45) is 0 Å². The molecule has 1 heterocycles. The Bertz CT molecular complexity index is 841. The molecule has 0 unspecified atom stereocenters. The van der Waals surface area contributed by atoms with Crippen LogP contribution in [0.1, 0.15) is 17.0 Å². The number of carbonyl (C=O) groups is 1. The summed E-state index contributed by atoms with van der Waals surface area (Å²) < 4.78 is 0. The number of aryl methyl sites for hydroxylation is 1. The number of amides is 1. The maximum atomic E-state index is 12.0. The second kappa shape index (κ2) is 6.84. The molecule has 5 heteroatoms. The highest BCUT2D eigenvalue weighted by Gasteiger charge is 2.05. The van der Waals surface area contributed by atoms with Gasteiger partial charge in [0.05, 0.1) is 17.5 Å². The number of rotatable bonds is 5. The van der Waals surface area contributed by atoms with E-state index >= 15 is 0 Å². The minimum Gasteiger partial charge on any atom is -0.355 e. The van der Waals surface area contributed by atoms with Gasteiger partial charge in [-0.05, 0) is 48.7 Å². The molecule has 2 N–H and O–H groups in total. The van der Waals surface area contributed by atoms with Gasteiger partial charge in [-0.2, -0.15) is 0 Å². The van der Waals surface area contributed by atoms with Crippen LogP contribution in [0.2, 0.25) is 5.02 Å². The lowest BCUT2D eigenvalue weighted by Crippen LogP contribution is -2.27. The molecule has 0 radical (unpaired) electrons. The molecule has 118 valence electrons. The van der Waals surface area contributed by atoms with Crippen molar-refractivity contribution in [3.8, 4) is 0 Å². The Balaban J connectivity index is 1.52. The summed E-state index contributed by atoms with van der Waals surface area (Å²) in [7, 11) is 0. The minimum absolute atomic E-state index is 0.00531. The molecule has 0 atom stereocenters. The van der Waals surface area contributed by atoms with Gasteiger partial charge < -0.3 is 10.3 Å². The van der Waals surface area contributed by atoms with Crippen molar-refractivity contribution in [3.63, 3.8) is 0 Å². The molecule has 0 saturated heterocycles. The van der Waals surface area contributed by atoms with Gasteiger partial charge in [0, 0.05) is 11.6 Å². The maximum absolute atomic E-state index is 12.0. The molecule has 0 saturated carbocycles. The zero-order valence-corrected chi connectivity index (χ0v) is 13.7. The van der Waals surface area contributed by atoms with Crippen molar-refractivity contribution < 1.29 is 4.79 Å². The van der Waals surface area contributed by atoms with Crippen molar-refractivity contribution in [2.45, 2.75) is 19.8 Å². The molecule has 1 aromatic heterocycles. The third-order valence-electron chi connectivity index (χ3n) is 3.65. The van der Waals surface area contributed by atoms with Crippen LogP contribution in [-0.2, 0) is 17.6 Å². The van der Waals surface area contributed by atoms with Gasteiger partial charge >= 0.3 is 0 Å². The lowest BCUT2D eigenvalue weighted by atomic mass is 10.1. The summed E-state index contributed by atoms with van der Waals surface area (Å²) in [6.45, 7) is 2.55. The van der Waals surface area contributed by atoms with E-state index in [4.69, 9.17) is 11.6 Å². The number of aromatic nitrogens is 2. The number of hydrogen-bond acceptors (Lipinski definition) is 2. The Morgan fingerprint density at radius 2 is 2.09 bits per heavy atom. The highest BCUT2D eigenvalue weighted by molar-refractivity contribution is 6.30. The summed E-state index contributed by atoms with van der Waals surface area (Å²) in [5, 5.41) is 3.60. The van der Waals surface area contributed by atoms with Crippen molar-refractivity contribution >= 4 is 28.5 Å². The zero-order chi connectivity index (χ0) is 16.2. The van der Waals surface area contributed by atoms with Gasteiger partial charge in [-0.15, -0.1) is 0 Å². The fraction of sp³-hybridized carbons (Fsp3) is 0.222. The summed E-state index contributed by atoms with van der Waals surface area (Å²) in [5.41, 5.74) is 4.09. The SMILES string of the molecule is Cc1nc2ccc(CCNC(=O)Cc3cccc(Cl)c3)cc2[nH]1. The zero-order valence-electron chi connectivity index (χ0n) is 12.9. The summed E-state index contributed by atoms with van der Waals surface area (Å²) >= 11 is 5.92. The molecule has 1 amide bonds. The fourth-order valence-electron chi connectivity index (χ4n) is 2.58. The minimum atomic E-state index is 0.00531. The first-order valence-corrected chi connectivity index (χ1v) is 7.94. The van der Waals surface area contributed by atoms with Crippen molar-refractivity contribution in [2.75, 3.05) is 6.54 Å². The van der Waals surface area contributed by atoms with Crippen LogP contribution in [-0.4, -0.2) is 22.4 Å². The monoisotopic (exact) mass is 327 g/mol. The van der Waals surface area contributed by atoms with Crippen LogP contribution < -0.4 is 5.32 Å². The Morgan fingerprint density at radius 3 is 2.91 bits per heavy atom. The van der Waals surface area contributed by atoms with Gasteiger partial charge in [-0.25, -0.2) is 4.98 Å². The number of aromatic amines is 1. The van der Waals surface area contributed by atoms with Crippen LogP contribution in [0, 0.1) is 6.92 Å². The molecule has 0 bridgehead atoms. The van der Waals surface area contributed by atoms with Gasteiger partial charge in [0.2, 0.25) is 5.91 Å². The maximum Gasteiger partial charge on any atom is 0.224 e. The second-order valence-electron chi connectivity index (χ2n) is 5.58. The molecule has 0 aliphatic carbocycles. The largest absolute Gasteiger partial charge is 0.355 e. The number of hydrogen-bond donors (Lipinski definition) is 2. The molecule has 0 spiro atoms. The molecule has 2 aromatic carbocycles. The van der Waals surface area contributed by atoms with E-state index in [9.17, 15) is 4.79 Å². The van der Waals surface area contributed by atoms with Crippen LogP contribution in [0.4, 0.5) is 0 Å². The molecule has 4 nitrogen and oxygen atoms in total. The van der Waals surface area contributed by atoms with Gasteiger partial charge in [-0.3, -0.25) is 4.79 Å². The van der Waals surface area contributed by atoms with E-state index in [1.807, 2.05) is 37.3 Å². The molecule has 0 fully saturated rings. The first-order chi connectivity index (χ1) is 11.1. The van der Waals surface area contributed by atoms with Gasteiger partial charge in [0.25, 0.3) is 0 Å². The Kier molecular flexibility index (Phi) is 4.63. The van der Waals surface area contributed by atoms with Crippen molar-refractivity contribution in [1.29, 1.82) is 0 Å². The van der Waals surface area contributed by atoms with E-state index in [-0.39, 0.29) is 5.91 Å². The molecule has 3 aromatic rings. The fourth-order valence-corrected chi connectivity index (χ4v) is 2.79. The lowest BCUT2D eigenvalue weighted by Gasteiger charge is -2.06. The van der Waals surface area contributed by atoms with Crippen molar-refractivity contribution in [3.05, 3.63) is 64.4 Å². The Labute approximate surface area is 139 Å². The quantitative estimate of drug-likeness (QED) is 0.754. The summed E-state index contributed by atoms with van der Waals surface area (Å²) in [5.74, 6) is 0.915. The van der Waals surface area contributed by atoms with E-state index in [2.05, 4.69) is 21.4 Å². The number of nitrogens with one attached hydrogen (secondary N) is 2.